The van der Waals surface area contributed by atoms with Crippen molar-refractivity contribution in [2.24, 2.45) is 0 Å². The summed E-state index contributed by atoms with van der Waals surface area (Å²) in [6, 6.07) is 1.86. The molecule has 1 N–H and O–H groups in total. The van der Waals surface area contributed by atoms with Gasteiger partial charge in [-0.25, -0.2) is 0 Å². The van der Waals surface area contributed by atoms with Crippen molar-refractivity contribution in [3.63, 3.8) is 0 Å². The summed E-state index contributed by atoms with van der Waals surface area (Å²) in [5, 5.41) is 6.65. The first-order valence-corrected chi connectivity index (χ1v) is 4.05. The molecule has 2 heterocycles. The molecule has 0 saturated carbocycles. The van der Waals surface area contributed by atoms with Gasteiger partial charge in [0.2, 0.25) is 0 Å². The second kappa shape index (κ2) is 5.41. The average Bonchev–Trinajstić information content (AvgIpc) is 2.73. The van der Waals surface area contributed by atoms with Crippen LogP contribution in [0.4, 0.5) is 0 Å². The Morgan fingerprint density at radius 1 is 1.27 bits per heavy atom. The van der Waals surface area contributed by atoms with Crippen LogP contribution in [0.15, 0.2) is 24.7 Å². The lowest BCUT2D eigenvalue weighted by Gasteiger charge is -1.94. The second-order valence-corrected chi connectivity index (χ2v) is 2.60. The van der Waals surface area contributed by atoms with E-state index in [4.69, 9.17) is 9.59 Å². The zero-order chi connectivity index (χ0) is 11.1. The van der Waals surface area contributed by atoms with Gasteiger partial charge in [0, 0.05) is 12.4 Å². The largest absolute Gasteiger partial charge is 0.373 e. The van der Waals surface area contributed by atoms with Crippen LogP contribution in [-0.2, 0) is 9.59 Å². The summed E-state index contributed by atoms with van der Waals surface area (Å²) in [5.41, 5.74) is 2.62. The SMILES string of the molecule is Cc1cnc(-c2ccn[nH]2)cn1.O=C=O. The van der Waals surface area contributed by atoms with Crippen LogP contribution >= 0.6 is 0 Å². The van der Waals surface area contributed by atoms with E-state index in [9.17, 15) is 0 Å². The van der Waals surface area contributed by atoms with Crippen molar-refractivity contribution < 1.29 is 9.59 Å². The van der Waals surface area contributed by atoms with Gasteiger partial charge in [0.15, 0.2) is 0 Å². The van der Waals surface area contributed by atoms with E-state index in [-0.39, 0.29) is 6.15 Å². The molecule has 0 aliphatic heterocycles. The number of carbonyl (C=O) groups excluding carboxylic acids is 2. The van der Waals surface area contributed by atoms with E-state index in [0.717, 1.165) is 17.1 Å². The number of rotatable bonds is 1. The maximum absolute atomic E-state index is 8.12. The molecule has 0 atom stereocenters. The lowest BCUT2D eigenvalue weighted by molar-refractivity contribution is -0.191. The molecule has 6 nitrogen and oxygen atoms in total. The van der Waals surface area contributed by atoms with E-state index in [0.29, 0.717) is 0 Å². The highest BCUT2D eigenvalue weighted by atomic mass is 16.2. The number of hydrogen-bond acceptors (Lipinski definition) is 5. The first kappa shape index (κ1) is 10.7. The fourth-order valence-electron chi connectivity index (χ4n) is 0.930. The molecule has 0 saturated heterocycles. The molecule has 15 heavy (non-hydrogen) atoms. The molecule has 2 aromatic rings. The van der Waals surface area contributed by atoms with Gasteiger partial charge in [-0.2, -0.15) is 14.7 Å². The Balaban J connectivity index is 0.000000337. The Morgan fingerprint density at radius 3 is 2.47 bits per heavy atom. The lowest BCUT2D eigenvalue weighted by Crippen LogP contribution is -1.87. The first-order valence-electron chi connectivity index (χ1n) is 4.05. The molecule has 6 heteroatoms. The number of nitrogens with one attached hydrogen (secondary N) is 1. The standard InChI is InChI=1S/C8H8N4.CO2/c1-6-4-10-8(5-9-6)7-2-3-11-12-7;2-1-3/h2-5H,1H3,(H,11,12);. The topological polar surface area (TPSA) is 88.6 Å². The summed E-state index contributed by atoms with van der Waals surface area (Å²) in [6.07, 6.45) is 5.40. The zero-order valence-corrected chi connectivity index (χ0v) is 7.97. The second-order valence-electron chi connectivity index (χ2n) is 2.60. The molecule has 2 rings (SSSR count). The molecule has 0 unspecified atom stereocenters. The Bertz CT molecular complexity index is 430. The van der Waals surface area contributed by atoms with Gasteiger partial charge < -0.3 is 0 Å². The monoisotopic (exact) mass is 204 g/mol. The van der Waals surface area contributed by atoms with Crippen LogP contribution in [0.3, 0.4) is 0 Å². The highest BCUT2D eigenvalue weighted by Crippen LogP contribution is 2.10. The molecule has 0 aromatic carbocycles. The molecule has 0 aliphatic rings. The quantitative estimate of drug-likeness (QED) is 0.734. The van der Waals surface area contributed by atoms with Gasteiger partial charge in [0.1, 0.15) is 5.69 Å². The third kappa shape index (κ3) is 3.13. The highest BCUT2D eigenvalue weighted by Gasteiger charge is 1.98. The summed E-state index contributed by atoms with van der Waals surface area (Å²) in [7, 11) is 0. The number of hydrogen-bond donors (Lipinski definition) is 1. The Morgan fingerprint density at radius 2 is 2.00 bits per heavy atom. The first-order chi connectivity index (χ1) is 7.27. The highest BCUT2D eigenvalue weighted by molar-refractivity contribution is 5.51. The van der Waals surface area contributed by atoms with Gasteiger partial charge >= 0.3 is 6.15 Å². The number of aromatic nitrogens is 4. The van der Waals surface area contributed by atoms with Gasteiger partial charge in [-0.05, 0) is 13.0 Å². The molecule has 0 bridgehead atoms. The molecular weight excluding hydrogens is 196 g/mol. The number of H-pyrrole nitrogens is 1. The smallest absolute Gasteiger partial charge is 0.276 e. The summed E-state index contributed by atoms with van der Waals surface area (Å²) in [6.45, 7) is 1.91. The van der Waals surface area contributed by atoms with Gasteiger partial charge in [-0.3, -0.25) is 15.1 Å². The predicted molar refractivity (Wildman–Crippen MR) is 49.4 cm³/mol. The van der Waals surface area contributed by atoms with Crippen LogP contribution in [0, 0.1) is 6.92 Å². The zero-order valence-electron chi connectivity index (χ0n) is 7.97. The number of nitrogens with zero attached hydrogens (tertiary/aromatic N) is 3. The van der Waals surface area contributed by atoms with E-state index in [1.165, 1.54) is 0 Å². The van der Waals surface area contributed by atoms with Crippen LogP contribution in [-0.4, -0.2) is 26.3 Å². The summed E-state index contributed by atoms with van der Waals surface area (Å²) < 4.78 is 0. The molecule has 2 aromatic heterocycles. The van der Waals surface area contributed by atoms with Gasteiger partial charge in [-0.1, -0.05) is 0 Å². The molecule has 76 valence electrons. The molecule has 0 spiro atoms. The van der Waals surface area contributed by atoms with E-state index >= 15 is 0 Å². The fourth-order valence-corrected chi connectivity index (χ4v) is 0.930. The fraction of sp³-hybridized carbons (Fsp3) is 0.111. The maximum atomic E-state index is 8.12. The van der Waals surface area contributed by atoms with Crippen molar-refractivity contribution in [1.29, 1.82) is 0 Å². The van der Waals surface area contributed by atoms with Crippen LogP contribution in [0.5, 0.6) is 0 Å². The van der Waals surface area contributed by atoms with Crippen molar-refractivity contribution in [2.75, 3.05) is 0 Å². The van der Waals surface area contributed by atoms with Gasteiger partial charge in [-0.15, -0.1) is 0 Å². The van der Waals surface area contributed by atoms with Crippen LogP contribution < -0.4 is 0 Å². The van der Waals surface area contributed by atoms with E-state index < -0.39 is 0 Å². The molecular formula is C9H8N4O2. The van der Waals surface area contributed by atoms with E-state index in [1.807, 2.05) is 13.0 Å². The lowest BCUT2D eigenvalue weighted by atomic mass is 10.3. The Kier molecular flexibility index (Phi) is 3.88. The minimum atomic E-state index is 0.250. The van der Waals surface area contributed by atoms with Crippen LogP contribution in [0.2, 0.25) is 0 Å². The summed E-state index contributed by atoms with van der Waals surface area (Å²) in [5.74, 6) is 0. The van der Waals surface area contributed by atoms with Crippen molar-refractivity contribution in [2.45, 2.75) is 6.92 Å². The van der Waals surface area contributed by atoms with E-state index in [1.54, 1.807) is 18.6 Å². The van der Waals surface area contributed by atoms with Crippen molar-refractivity contribution in [3.05, 3.63) is 30.4 Å². The maximum Gasteiger partial charge on any atom is 0.373 e. The van der Waals surface area contributed by atoms with E-state index in [2.05, 4.69) is 20.2 Å². The minimum absolute atomic E-state index is 0.250. The normalized spacial score (nSPS) is 8.60. The molecule has 0 radical (unpaired) electrons. The minimum Gasteiger partial charge on any atom is -0.276 e. The summed E-state index contributed by atoms with van der Waals surface area (Å²) >= 11 is 0. The molecule has 0 fully saturated rings. The third-order valence-corrected chi connectivity index (χ3v) is 1.56. The van der Waals surface area contributed by atoms with Crippen molar-refractivity contribution >= 4 is 6.15 Å². The van der Waals surface area contributed by atoms with Crippen molar-refractivity contribution in [1.82, 2.24) is 20.2 Å². The molecule has 0 aliphatic carbocycles. The summed E-state index contributed by atoms with van der Waals surface area (Å²) in [4.78, 5) is 24.6. The number of aromatic amines is 1. The van der Waals surface area contributed by atoms with Crippen LogP contribution in [0.25, 0.3) is 11.4 Å². The van der Waals surface area contributed by atoms with Gasteiger partial charge in [0.25, 0.3) is 0 Å². The van der Waals surface area contributed by atoms with Crippen LogP contribution in [0.1, 0.15) is 5.69 Å². The number of aryl methyl sites for hydroxylation is 1. The Hall–Kier alpha value is -2.33. The predicted octanol–water partition coefficient (Wildman–Crippen LogP) is 0.592. The third-order valence-electron chi connectivity index (χ3n) is 1.56. The van der Waals surface area contributed by atoms with Crippen molar-refractivity contribution in [3.8, 4) is 11.4 Å². The van der Waals surface area contributed by atoms with Gasteiger partial charge in [0.05, 0.1) is 17.6 Å². The Labute approximate surface area is 85.4 Å². The molecule has 0 amide bonds. The average molecular weight is 204 g/mol.